The molecule has 11 heteroatoms. The quantitative estimate of drug-likeness (QED) is 0.519. The van der Waals surface area contributed by atoms with Crippen LogP contribution in [0.3, 0.4) is 0 Å². The second kappa shape index (κ2) is 8.53. The lowest BCUT2D eigenvalue weighted by Crippen LogP contribution is -2.60. The van der Waals surface area contributed by atoms with Gasteiger partial charge in [-0.2, -0.15) is 13.2 Å². The van der Waals surface area contributed by atoms with Crippen molar-refractivity contribution in [1.29, 1.82) is 0 Å². The van der Waals surface area contributed by atoms with E-state index in [1.54, 1.807) is 28.9 Å². The fourth-order valence-electron chi connectivity index (χ4n) is 4.47. The Hall–Kier alpha value is -3.11. The first-order valence-corrected chi connectivity index (χ1v) is 12.0. The monoisotopic (exact) mass is 521 g/mol. The molecule has 2 aromatic carbocycles. The highest BCUT2D eigenvalue weighted by molar-refractivity contribution is 7.98. The van der Waals surface area contributed by atoms with Crippen LogP contribution >= 0.6 is 23.4 Å². The van der Waals surface area contributed by atoms with E-state index in [2.05, 4.69) is 0 Å². The van der Waals surface area contributed by atoms with Crippen molar-refractivity contribution in [2.45, 2.75) is 35.8 Å². The van der Waals surface area contributed by atoms with Crippen LogP contribution in [0.2, 0.25) is 5.02 Å². The topological polar surface area (TPSA) is 65.8 Å². The summed E-state index contributed by atoms with van der Waals surface area (Å²) in [5.41, 5.74) is 1.12. The minimum Gasteiger partial charge on any atom is -0.502 e. The van der Waals surface area contributed by atoms with Gasteiger partial charge in [0.15, 0.2) is 11.4 Å². The standard InChI is InChI=1S/C24H19ClF3N3O3S/c1-13(24(26,27)28)29-12-31(30-9-8-18(32)22(33)21(30)23(29)34)20-16-4-2-3-5-19(16)35-11-14-6-7-15(25)10-17(14)20/h2-10,13,20,33H,11-12H2,1H3/t13?,20-/m1/s1. The zero-order chi connectivity index (χ0) is 25.1. The minimum atomic E-state index is -4.72. The molecule has 1 amide bonds. The van der Waals surface area contributed by atoms with Crippen LogP contribution in [0.1, 0.15) is 40.1 Å². The molecule has 35 heavy (non-hydrogen) atoms. The van der Waals surface area contributed by atoms with Gasteiger partial charge in [-0.15, -0.1) is 11.8 Å². The number of nitrogens with zero attached hydrogens (tertiary/aromatic N) is 3. The highest BCUT2D eigenvalue weighted by atomic mass is 35.5. The molecule has 1 N–H and O–H groups in total. The van der Waals surface area contributed by atoms with Crippen molar-refractivity contribution in [3.8, 4) is 5.75 Å². The van der Waals surface area contributed by atoms with E-state index in [1.807, 2.05) is 30.3 Å². The minimum absolute atomic E-state index is 0.440. The second-order valence-corrected chi connectivity index (χ2v) is 9.82. The predicted molar refractivity (Wildman–Crippen MR) is 126 cm³/mol. The van der Waals surface area contributed by atoms with E-state index in [9.17, 15) is 27.9 Å². The van der Waals surface area contributed by atoms with Crippen molar-refractivity contribution in [3.05, 3.63) is 92.4 Å². The van der Waals surface area contributed by atoms with E-state index < -0.39 is 47.7 Å². The summed E-state index contributed by atoms with van der Waals surface area (Å²) in [5.74, 6) is -1.37. The van der Waals surface area contributed by atoms with E-state index >= 15 is 0 Å². The molecule has 0 saturated heterocycles. The van der Waals surface area contributed by atoms with E-state index in [-0.39, 0.29) is 0 Å². The molecule has 0 aliphatic carbocycles. The van der Waals surface area contributed by atoms with Crippen LogP contribution < -0.4 is 10.4 Å². The molecule has 0 spiro atoms. The number of aromatic nitrogens is 1. The number of halogens is 4. The summed E-state index contributed by atoms with van der Waals surface area (Å²) in [7, 11) is 0. The van der Waals surface area contributed by atoms with Crippen molar-refractivity contribution in [1.82, 2.24) is 9.58 Å². The van der Waals surface area contributed by atoms with E-state index in [0.717, 1.165) is 34.6 Å². The summed E-state index contributed by atoms with van der Waals surface area (Å²) < 4.78 is 42.6. The van der Waals surface area contributed by atoms with Gasteiger partial charge < -0.3 is 10.0 Å². The van der Waals surface area contributed by atoms with Gasteiger partial charge in [0.25, 0.3) is 5.91 Å². The lowest BCUT2D eigenvalue weighted by molar-refractivity contribution is -0.173. The summed E-state index contributed by atoms with van der Waals surface area (Å²) in [5, 5.41) is 12.5. The fraction of sp³-hybridized carbons (Fsp3) is 0.250. The maximum Gasteiger partial charge on any atom is 0.408 e. The number of carbonyl (C=O) groups is 1. The van der Waals surface area contributed by atoms with Gasteiger partial charge in [0, 0.05) is 27.9 Å². The van der Waals surface area contributed by atoms with Gasteiger partial charge >= 0.3 is 6.18 Å². The predicted octanol–water partition coefficient (Wildman–Crippen LogP) is 4.90. The number of aromatic hydroxyl groups is 1. The third-order valence-corrected chi connectivity index (χ3v) is 7.70. The van der Waals surface area contributed by atoms with Crippen LogP contribution in [0.5, 0.6) is 5.75 Å². The molecule has 0 saturated carbocycles. The van der Waals surface area contributed by atoms with Crippen molar-refractivity contribution in [3.63, 3.8) is 0 Å². The molecule has 5 rings (SSSR count). The summed E-state index contributed by atoms with van der Waals surface area (Å²) in [4.78, 5) is 26.9. The Kier molecular flexibility index (Phi) is 5.76. The molecule has 3 heterocycles. The van der Waals surface area contributed by atoms with Crippen LogP contribution in [-0.2, 0) is 5.75 Å². The van der Waals surface area contributed by atoms with Gasteiger partial charge in [-0.3, -0.25) is 19.3 Å². The first-order valence-electron chi connectivity index (χ1n) is 10.7. The zero-order valence-corrected chi connectivity index (χ0v) is 19.9. The Balaban J connectivity index is 1.79. The number of benzene rings is 2. The SMILES string of the molecule is CC(N1CN([C@H]2c3cc(Cl)ccc3CSc3ccccc32)n2ccc(=O)c(O)c2C1=O)C(F)(F)F. The van der Waals surface area contributed by atoms with Crippen LogP contribution in [0, 0.1) is 0 Å². The largest absolute Gasteiger partial charge is 0.502 e. The molecular formula is C24H19ClF3N3O3S. The number of hydrogen-bond donors (Lipinski definition) is 1. The number of amides is 1. The lowest BCUT2D eigenvalue weighted by atomic mass is 9.94. The summed E-state index contributed by atoms with van der Waals surface area (Å²) >= 11 is 7.93. The highest BCUT2D eigenvalue weighted by Crippen LogP contribution is 2.44. The average molecular weight is 522 g/mol. The highest BCUT2D eigenvalue weighted by Gasteiger charge is 2.47. The van der Waals surface area contributed by atoms with Gasteiger partial charge in [-0.05, 0) is 41.8 Å². The zero-order valence-electron chi connectivity index (χ0n) is 18.3. The molecule has 1 unspecified atom stereocenters. The Labute approximate surface area is 207 Å². The molecule has 0 radical (unpaired) electrons. The van der Waals surface area contributed by atoms with Gasteiger partial charge in [-0.25, -0.2) is 0 Å². The molecule has 0 bridgehead atoms. The first-order chi connectivity index (χ1) is 16.6. The summed E-state index contributed by atoms with van der Waals surface area (Å²) in [6.07, 6.45) is -3.41. The Morgan fingerprint density at radius 1 is 1.11 bits per heavy atom. The Morgan fingerprint density at radius 3 is 2.60 bits per heavy atom. The summed E-state index contributed by atoms with van der Waals surface area (Å²) in [6, 6.07) is 11.2. The molecule has 0 fully saturated rings. The second-order valence-electron chi connectivity index (χ2n) is 8.37. The number of alkyl halides is 3. The fourth-order valence-corrected chi connectivity index (χ4v) is 5.75. The van der Waals surface area contributed by atoms with E-state index in [1.165, 1.54) is 10.9 Å². The number of thioether (sulfide) groups is 1. The molecule has 3 aromatic rings. The molecular weight excluding hydrogens is 503 g/mol. The number of fused-ring (bicyclic) bond motifs is 3. The lowest BCUT2D eigenvalue weighted by Gasteiger charge is -2.46. The number of pyridine rings is 1. The Bertz CT molecular complexity index is 1390. The van der Waals surface area contributed by atoms with Crippen molar-refractivity contribution in [2.24, 2.45) is 0 Å². The third kappa shape index (κ3) is 3.94. The maximum absolute atomic E-state index is 13.8. The molecule has 2 aliphatic rings. The number of hydrogen-bond acceptors (Lipinski definition) is 5. The molecule has 6 nitrogen and oxygen atoms in total. The third-order valence-electron chi connectivity index (χ3n) is 6.33. The van der Waals surface area contributed by atoms with Crippen LogP contribution in [0.4, 0.5) is 13.2 Å². The first kappa shape index (κ1) is 23.6. The maximum atomic E-state index is 13.8. The van der Waals surface area contributed by atoms with E-state index in [0.29, 0.717) is 15.7 Å². The molecule has 1 aromatic heterocycles. The van der Waals surface area contributed by atoms with Gasteiger partial charge in [-0.1, -0.05) is 35.9 Å². The molecule has 182 valence electrons. The smallest absolute Gasteiger partial charge is 0.408 e. The van der Waals surface area contributed by atoms with E-state index in [4.69, 9.17) is 11.6 Å². The number of carbonyl (C=O) groups excluding carboxylic acids is 1. The normalized spacial score (nSPS) is 18.4. The van der Waals surface area contributed by atoms with Gasteiger partial charge in [0.2, 0.25) is 5.43 Å². The van der Waals surface area contributed by atoms with Crippen LogP contribution in [-0.4, -0.2) is 39.5 Å². The number of rotatable bonds is 2. The van der Waals surface area contributed by atoms with Gasteiger partial charge in [0.05, 0.1) is 6.04 Å². The molecule has 2 atom stereocenters. The van der Waals surface area contributed by atoms with Crippen molar-refractivity contribution >= 4 is 29.3 Å². The summed E-state index contributed by atoms with van der Waals surface area (Å²) in [6.45, 7) is 0.440. The van der Waals surface area contributed by atoms with Crippen LogP contribution in [0.15, 0.2) is 64.4 Å². The molecule has 2 aliphatic heterocycles. The van der Waals surface area contributed by atoms with Gasteiger partial charge in [0.1, 0.15) is 12.7 Å². The van der Waals surface area contributed by atoms with Crippen molar-refractivity contribution < 1.29 is 23.1 Å². The van der Waals surface area contributed by atoms with Crippen LogP contribution in [0.25, 0.3) is 0 Å². The Morgan fingerprint density at radius 2 is 1.86 bits per heavy atom. The van der Waals surface area contributed by atoms with Crippen molar-refractivity contribution in [2.75, 3.05) is 11.7 Å². The average Bonchev–Trinajstić information content (AvgIpc) is 2.97.